The van der Waals surface area contributed by atoms with Gasteiger partial charge in [0, 0.05) is 42.5 Å². The van der Waals surface area contributed by atoms with E-state index in [2.05, 4.69) is 17.1 Å². The lowest BCUT2D eigenvalue weighted by Crippen LogP contribution is -2.50. The number of hydrogen-bond donors (Lipinski definition) is 1. The van der Waals surface area contributed by atoms with Crippen molar-refractivity contribution in [1.82, 2.24) is 4.90 Å². The third-order valence-corrected chi connectivity index (χ3v) is 5.87. The number of urea groups is 1. The molecule has 0 bridgehead atoms. The van der Waals surface area contributed by atoms with Crippen LogP contribution >= 0.6 is 11.6 Å². The summed E-state index contributed by atoms with van der Waals surface area (Å²) in [7, 11) is 0. The van der Waals surface area contributed by atoms with Crippen LogP contribution in [0.2, 0.25) is 5.02 Å². The van der Waals surface area contributed by atoms with Gasteiger partial charge in [0.1, 0.15) is 0 Å². The highest BCUT2D eigenvalue weighted by atomic mass is 35.5. The average molecular weight is 414 g/mol. The van der Waals surface area contributed by atoms with Crippen molar-refractivity contribution in [2.75, 3.05) is 36.4 Å². The Bertz CT molecular complexity index is 888. The summed E-state index contributed by atoms with van der Waals surface area (Å²) in [5.41, 5.74) is 4.74. The first-order valence-corrected chi connectivity index (χ1v) is 10.5. The van der Waals surface area contributed by atoms with Crippen molar-refractivity contribution in [3.8, 4) is 0 Å². The quantitative estimate of drug-likeness (QED) is 0.700. The first-order valence-electron chi connectivity index (χ1n) is 10.2. The second-order valence-electron chi connectivity index (χ2n) is 7.27. The molecule has 1 saturated heterocycles. The molecular formula is C23H28ClN3O2. The molecule has 1 aliphatic heterocycles. The molecule has 0 saturated carbocycles. The van der Waals surface area contributed by atoms with E-state index in [1.165, 1.54) is 0 Å². The van der Waals surface area contributed by atoms with Gasteiger partial charge in [-0.25, -0.2) is 4.79 Å². The van der Waals surface area contributed by atoms with Crippen LogP contribution in [0, 0.1) is 0 Å². The Morgan fingerprint density at radius 1 is 0.966 bits per heavy atom. The summed E-state index contributed by atoms with van der Waals surface area (Å²) in [6, 6.07) is 11.5. The molecule has 0 aromatic heterocycles. The van der Waals surface area contributed by atoms with Gasteiger partial charge in [0.15, 0.2) is 5.78 Å². The fourth-order valence-electron chi connectivity index (χ4n) is 3.73. The summed E-state index contributed by atoms with van der Waals surface area (Å²) in [5, 5.41) is 3.81. The van der Waals surface area contributed by atoms with E-state index in [9.17, 15) is 9.59 Å². The summed E-state index contributed by atoms with van der Waals surface area (Å²) < 4.78 is 0. The van der Waals surface area contributed by atoms with Gasteiger partial charge in [0.25, 0.3) is 0 Å². The number of ketones is 1. The van der Waals surface area contributed by atoms with Crippen LogP contribution in [0.15, 0.2) is 36.4 Å². The van der Waals surface area contributed by atoms with Crippen LogP contribution in [0.5, 0.6) is 0 Å². The van der Waals surface area contributed by atoms with Gasteiger partial charge in [-0.2, -0.15) is 0 Å². The monoisotopic (exact) mass is 413 g/mol. The lowest BCUT2D eigenvalue weighted by Gasteiger charge is -2.36. The Balaban J connectivity index is 1.65. The molecule has 2 amide bonds. The highest BCUT2D eigenvalue weighted by Gasteiger charge is 2.23. The van der Waals surface area contributed by atoms with Crippen molar-refractivity contribution >= 4 is 34.8 Å². The molecule has 154 valence electrons. The Hall–Kier alpha value is -2.53. The summed E-state index contributed by atoms with van der Waals surface area (Å²) in [6.45, 7) is 8.49. The number of carbonyl (C=O) groups excluding carboxylic acids is 2. The Labute approximate surface area is 177 Å². The predicted molar refractivity (Wildman–Crippen MR) is 119 cm³/mol. The van der Waals surface area contributed by atoms with Crippen LogP contribution in [0.3, 0.4) is 0 Å². The van der Waals surface area contributed by atoms with E-state index in [1.807, 2.05) is 48.2 Å². The van der Waals surface area contributed by atoms with Crippen molar-refractivity contribution in [3.63, 3.8) is 0 Å². The van der Waals surface area contributed by atoms with Crippen molar-refractivity contribution < 1.29 is 9.59 Å². The second-order valence-corrected chi connectivity index (χ2v) is 7.68. The molecular weight excluding hydrogens is 386 g/mol. The lowest BCUT2D eigenvalue weighted by molar-refractivity contribution is 0.101. The fraction of sp³-hybridized carbons (Fsp3) is 0.391. The van der Waals surface area contributed by atoms with E-state index in [-0.39, 0.29) is 11.8 Å². The molecule has 5 nitrogen and oxygen atoms in total. The van der Waals surface area contributed by atoms with Gasteiger partial charge >= 0.3 is 6.03 Å². The minimum Gasteiger partial charge on any atom is -0.368 e. The molecule has 2 aromatic carbocycles. The van der Waals surface area contributed by atoms with E-state index in [4.69, 9.17) is 11.6 Å². The maximum Gasteiger partial charge on any atom is 0.321 e. The third kappa shape index (κ3) is 4.73. The molecule has 0 atom stereocenters. The van der Waals surface area contributed by atoms with Gasteiger partial charge in [-0.1, -0.05) is 31.5 Å². The number of anilines is 2. The largest absolute Gasteiger partial charge is 0.368 e. The Kier molecular flexibility index (Phi) is 6.80. The maximum atomic E-state index is 12.9. The number of benzene rings is 2. The summed E-state index contributed by atoms with van der Waals surface area (Å²) >= 11 is 6.35. The van der Waals surface area contributed by atoms with E-state index in [1.54, 1.807) is 6.92 Å². The highest BCUT2D eigenvalue weighted by Crippen LogP contribution is 2.30. The number of amides is 2. The first-order chi connectivity index (χ1) is 13.9. The van der Waals surface area contributed by atoms with E-state index < -0.39 is 0 Å². The maximum absolute atomic E-state index is 12.9. The summed E-state index contributed by atoms with van der Waals surface area (Å²) in [6.07, 6.45) is 1.61. The zero-order valence-corrected chi connectivity index (χ0v) is 18.1. The minimum absolute atomic E-state index is 0.0666. The number of hydrogen-bond acceptors (Lipinski definition) is 3. The third-order valence-electron chi connectivity index (χ3n) is 5.51. The number of nitrogens with zero attached hydrogens (tertiary/aromatic N) is 2. The van der Waals surface area contributed by atoms with Crippen LogP contribution in [0.4, 0.5) is 16.2 Å². The number of halogens is 1. The van der Waals surface area contributed by atoms with Crippen LogP contribution < -0.4 is 10.2 Å². The highest BCUT2D eigenvalue weighted by molar-refractivity contribution is 6.32. The van der Waals surface area contributed by atoms with Gasteiger partial charge in [0.05, 0.1) is 5.69 Å². The normalized spacial score (nSPS) is 14.1. The molecule has 29 heavy (non-hydrogen) atoms. The molecule has 1 fully saturated rings. The minimum atomic E-state index is -0.0803. The van der Waals surface area contributed by atoms with Crippen molar-refractivity contribution in [3.05, 3.63) is 58.1 Å². The van der Waals surface area contributed by atoms with E-state index in [0.717, 1.165) is 48.4 Å². The molecule has 1 aliphatic rings. The lowest BCUT2D eigenvalue weighted by atomic mass is 10.0. The Morgan fingerprint density at radius 3 is 2.17 bits per heavy atom. The molecule has 0 radical (unpaired) electrons. The van der Waals surface area contributed by atoms with Crippen LogP contribution in [0.1, 0.15) is 42.3 Å². The second kappa shape index (κ2) is 9.31. The first kappa shape index (κ1) is 21.2. The van der Waals surface area contributed by atoms with Crippen molar-refractivity contribution in [2.45, 2.75) is 33.6 Å². The van der Waals surface area contributed by atoms with Gasteiger partial charge in [-0.3, -0.25) is 4.79 Å². The number of rotatable bonds is 5. The summed E-state index contributed by atoms with van der Waals surface area (Å²) in [5.74, 6) is 0.0666. The molecule has 0 aliphatic carbocycles. The predicted octanol–water partition coefficient (Wildman–Crippen LogP) is 5.02. The molecule has 6 heteroatoms. The van der Waals surface area contributed by atoms with Crippen molar-refractivity contribution in [2.24, 2.45) is 0 Å². The van der Waals surface area contributed by atoms with Gasteiger partial charge < -0.3 is 15.1 Å². The number of Topliss-reactive ketones (excluding diaryl/α,β-unsaturated/α-hetero) is 1. The zero-order valence-electron chi connectivity index (χ0n) is 17.3. The van der Waals surface area contributed by atoms with Gasteiger partial charge in [-0.05, 0) is 61.2 Å². The molecule has 1 N–H and O–H groups in total. The van der Waals surface area contributed by atoms with Crippen LogP contribution in [0.25, 0.3) is 0 Å². The standard InChI is InChI=1S/C23H28ClN3O2/c1-4-17-8-11-21(24)20(5-2)22(17)25-23(29)27-14-12-26(13-15-27)19-9-6-18(7-10-19)16(3)28/h6-11H,4-5,12-15H2,1-3H3,(H,25,29). The zero-order chi connectivity index (χ0) is 21.0. The van der Waals surface area contributed by atoms with Gasteiger partial charge in [0.2, 0.25) is 0 Å². The number of aryl methyl sites for hydroxylation is 1. The van der Waals surface area contributed by atoms with Crippen molar-refractivity contribution in [1.29, 1.82) is 0 Å². The van der Waals surface area contributed by atoms with Crippen LogP contribution in [-0.4, -0.2) is 42.9 Å². The van der Waals surface area contributed by atoms with Gasteiger partial charge in [-0.15, -0.1) is 0 Å². The topological polar surface area (TPSA) is 52.7 Å². The number of piperazine rings is 1. The molecule has 1 heterocycles. The van der Waals surface area contributed by atoms with E-state index >= 15 is 0 Å². The number of carbonyl (C=O) groups is 2. The number of nitrogens with one attached hydrogen (secondary N) is 1. The van der Waals surface area contributed by atoms with E-state index in [0.29, 0.717) is 23.7 Å². The smallest absolute Gasteiger partial charge is 0.321 e. The molecule has 3 rings (SSSR count). The average Bonchev–Trinajstić information content (AvgIpc) is 2.74. The SMILES string of the molecule is CCc1ccc(Cl)c(CC)c1NC(=O)N1CCN(c2ccc(C(C)=O)cc2)CC1. The summed E-state index contributed by atoms with van der Waals surface area (Å²) in [4.78, 5) is 28.4. The van der Waals surface area contributed by atoms with Crippen LogP contribution in [-0.2, 0) is 12.8 Å². The molecule has 2 aromatic rings. The molecule has 0 unspecified atom stereocenters. The Morgan fingerprint density at radius 2 is 1.62 bits per heavy atom. The molecule has 0 spiro atoms. The fourth-order valence-corrected chi connectivity index (χ4v) is 4.02.